The second-order valence-corrected chi connectivity index (χ2v) is 6.33. The molecule has 0 aromatic carbocycles. The fourth-order valence-electron chi connectivity index (χ4n) is 2.93. The number of carbonyl (C=O) groups excluding carboxylic acids is 1. The smallest absolute Gasteiger partial charge is 0.222 e. The van der Waals surface area contributed by atoms with E-state index in [1.807, 2.05) is 23.1 Å². The molecule has 3 rings (SSSR count). The van der Waals surface area contributed by atoms with Crippen LogP contribution < -0.4 is 5.32 Å². The molecular formula is C17H25N3O. The highest BCUT2D eigenvalue weighted by molar-refractivity contribution is 5.76. The van der Waals surface area contributed by atoms with Crippen LogP contribution in [0.3, 0.4) is 0 Å². The van der Waals surface area contributed by atoms with Gasteiger partial charge in [-0.1, -0.05) is 6.07 Å². The Bertz CT molecular complexity index is 450. The van der Waals surface area contributed by atoms with Crippen LogP contribution in [0.15, 0.2) is 24.4 Å². The lowest BCUT2D eigenvalue weighted by Gasteiger charge is -2.32. The Morgan fingerprint density at radius 2 is 2.05 bits per heavy atom. The Labute approximate surface area is 126 Å². The summed E-state index contributed by atoms with van der Waals surface area (Å²) in [7, 11) is 0. The fourth-order valence-corrected chi connectivity index (χ4v) is 2.93. The lowest BCUT2D eigenvalue weighted by molar-refractivity contribution is -0.132. The number of pyridine rings is 1. The van der Waals surface area contributed by atoms with Crippen molar-refractivity contribution in [1.29, 1.82) is 0 Å². The van der Waals surface area contributed by atoms with Gasteiger partial charge in [0.1, 0.15) is 0 Å². The van der Waals surface area contributed by atoms with Crippen molar-refractivity contribution in [3.8, 4) is 0 Å². The summed E-state index contributed by atoms with van der Waals surface area (Å²) in [5.74, 6) is 1.21. The van der Waals surface area contributed by atoms with E-state index in [4.69, 9.17) is 0 Å². The van der Waals surface area contributed by atoms with Crippen LogP contribution in [0.2, 0.25) is 0 Å². The van der Waals surface area contributed by atoms with Gasteiger partial charge in [0.25, 0.3) is 0 Å². The van der Waals surface area contributed by atoms with E-state index in [9.17, 15) is 4.79 Å². The van der Waals surface area contributed by atoms with Crippen molar-refractivity contribution in [2.24, 2.45) is 5.92 Å². The molecule has 114 valence electrons. The molecule has 1 aromatic rings. The summed E-state index contributed by atoms with van der Waals surface area (Å²) in [5.41, 5.74) is 1.01. The maximum Gasteiger partial charge on any atom is 0.222 e. The molecule has 21 heavy (non-hydrogen) atoms. The van der Waals surface area contributed by atoms with Crippen LogP contribution in [-0.4, -0.2) is 41.5 Å². The van der Waals surface area contributed by atoms with Gasteiger partial charge in [0.15, 0.2) is 0 Å². The van der Waals surface area contributed by atoms with E-state index in [2.05, 4.69) is 10.3 Å². The molecule has 4 nitrogen and oxygen atoms in total. The van der Waals surface area contributed by atoms with E-state index in [0.717, 1.165) is 44.0 Å². The SMILES string of the molecule is O=C(CCc1ccccn1)N1CCC(NCC2CC2)CC1. The number of amides is 1. The molecule has 0 atom stereocenters. The molecule has 0 unspecified atom stereocenters. The number of aryl methyl sites for hydroxylation is 1. The predicted molar refractivity (Wildman–Crippen MR) is 82.9 cm³/mol. The Morgan fingerprint density at radius 3 is 2.71 bits per heavy atom. The summed E-state index contributed by atoms with van der Waals surface area (Å²) < 4.78 is 0. The maximum absolute atomic E-state index is 12.2. The molecule has 1 saturated heterocycles. The standard InChI is InChI=1S/C17H25N3O/c21-17(7-6-15-3-1-2-10-18-15)20-11-8-16(9-12-20)19-13-14-4-5-14/h1-3,10,14,16,19H,4-9,11-13H2. The van der Waals surface area contributed by atoms with Gasteiger partial charge in [-0.3, -0.25) is 9.78 Å². The zero-order valence-corrected chi connectivity index (χ0v) is 12.6. The number of nitrogens with zero attached hydrogens (tertiary/aromatic N) is 2. The van der Waals surface area contributed by atoms with E-state index < -0.39 is 0 Å². The Kier molecular flexibility index (Phi) is 4.86. The summed E-state index contributed by atoms with van der Waals surface area (Å²) in [6.45, 7) is 2.99. The Balaban J connectivity index is 1.36. The van der Waals surface area contributed by atoms with Crippen molar-refractivity contribution in [2.75, 3.05) is 19.6 Å². The lowest BCUT2D eigenvalue weighted by Crippen LogP contribution is -2.45. The molecule has 1 amide bonds. The highest BCUT2D eigenvalue weighted by Gasteiger charge is 2.25. The van der Waals surface area contributed by atoms with E-state index in [-0.39, 0.29) is 5.91 Å². The molecule has 1 N–H and O–H groups in total. The number of piperidine rings is 1. The number of aromatic nitrogens is 1. The van der Waals surface area contributed by atoms with Crippen molar-refractivity contribution >= 4 is 5.91 Å². The molecule has 1 aliphatic carbocycles. The van der Waals surface area contributed by atoms with Gasteiger partial charge in [-0.15, -0.1) is 0 Å². The van der Waals surface area contributed by atoms with Gasteiger partial charge in [0.05, 0.1) is 0 Å². The van der Waals surface area contributed by atoms with Gasteiger partial charge < -0.3 is 10.2 Å². The minimum absolute atomic E-state index is 0.279. The van der Waals surface area contributed by atoms with Crippen LogP contribution in [-0.2, 0) is 11.2 Å². The van der Waals surface area contributed by atoms with Crippen molar-refractivity contribution < 1.29 is 4.79 Å². The number of likely N-dealkylation sites (tertiary alicyclic amines) is 1. The molecule has 2 aliphatic rings. The third-order valence-corrected chi connectivity index (χ3v) is 4.56. The minimum atomic E-state index is 0.279. The van der Waals surface area contributed by atoms with E-state index in [1.54, 1.807) is 6.20 Å². The van der Waals surface area contributed by atoms with Crippen LogP contribution in [0.5, 0.6) is 0 Å². The van der Waals surface area contributed by atoms with Gasteiger partial charge in [-0.2, -0.15) is 0 Å². The number of rotatable bonds is 6. The summed E-state index contributed by atoms with van der Waals surface area (Å²) in [6.07, 6.45) is 8.12. The molecular weight excluding hydrogens is 262 g/mol. The van der Waals surface area contributed by atoms with Crippen LogP contribution in [0.25, 0.3) is 0 Å². The first-order valence-electron chi connectivity index (χ1n) is 8.22. The maximum atomic E-state index is 12.2. The van der Waals surface area contributed by atoms with Crippen LogP contribution in [0.1, 0.15) is 37.8 Å². The summed E-state index contributed by atoms with van der Waals surface area (Å²) in [5, 5.41) is 3.65. The van der Waals surface area contributed by atoms with E-state index in [1.165, 1.54) is 19.4 Å². The summed E-state index contributed by atoms with van der Waals surface area (Å²) >= 11 is 0. The summed E-state index contributed by atoms with van der Waals surface area (Å²) in [4.78, 5) is 18.5. The van der Waals surface area contributed by atoms with E-state index >= 15 is 0 Å². The van der Waals surface area contributed by atoms with Crippen molar-refractivity contribution in [1.82, 2.24) is 15.2 Å². The molecule has 1 aromatic heterocycles. The van der Waals surface area contributed by atoms with Crippen LogP contribution in [0, 0.1) is 5.92 Å². The number of nitrogens with one attached hydrogen (secondary N) is 1. The number of hydrogen-bond donors (Lipinski definition) is 1. The average molecular weight is 287 g/mol. The second kappa shape index (κ2) is 7.03. The van der Waals surface area contributed by atoms with Crippen LogP contribution >= 0.6 is 0 Å². The molecule has 1 saturated carbocycles. The molecule has 1 aliphatic heterocycles. The molecule has 0 radical (unpaired) electrons. The zero-order valence-electron chi connectivity index (χ0n) is 12.6. The van der Waals surface area contributed by atoms with Crippen molar-refractivity contribution in [2.45, 2.75) is 44.6 Å². The highest BCUT2D eigenvalue weighted by atomic mass is 16.2. The minimum Gasteiger partial charge on any atom is -0.343 e. The third kappa shape index (κ3) is 4.53. The number of hydrogen-bond acceptors (Lipinski definition) is 3. The van der Waals surface area contributed by atoms with Gasteiger partial charge in [-0.05, 0) is 56.7 Å². The molecule has 2 fully saturated rings. The van der Waals surface area contributed by atoms with Gasteiger partial charge in [0.2, 0.25) is 5.91 Å². The molecule has 4 heteroatoms. The molecule has 0 bridgehead atoms. The van der Waals surface area contributed by atoms with Crippen molar-refractivity contribution in [3.63, 3.8) is 0 Å². The van der Waals surface area contributed by atoms with Crippen LogP contribution in [0.4, 0.5) is 0 Å². The first-order chi connectivity index (χ1) is 10.3. The van der Waals surface area contributed by atoms with Gasteiger partial charge in [-0.25, -0.2) is 0 Å². The normalized spacial score (nSPS) is 19.7. The Morgan fingerprint density at radius 1 is 1.24 bits per heavy atom. The monoisotopic (exact) mass is 287 g/mol. The zero-order chi connectivity index (χ0) is 14.5. The van der Waals surface area contributed by atoms with Gasteiger partial charge in [0, 0.05) is 37.4 Å². The predicted octanol–water partition coefficient (Wildman–Crippen LogP) is 2.00. The topological polar surface area (TPSA) is 45.2 Å². The first-order valence-corrected chi connectivity index (χ1v) is 8.22. The Hall–Kier alpha value is -1.42. The summed E-state index contributed by atoms with van der Waals surface area (Å²) in [6, 6.07) is 6.49. The fraction of sp³-hybridized carbons (Fsp3) is 0.647. The van der Waals surface area contributed by atoms with E-state index in [0.29, 0.717) is 12.5 Å². The van der Waals surface area contributed by atoms with Crippen molar-refractivity contribution in [3.05, 3.63) is 30.1 Å². The lowest BCUT2D eigenvalue weighted by atomic mass is 10.0. The highest BCUT2D eigenvalue weighted by Crippen LogP contribution is 2.28. The number of carbonyl (C=O) groups is 1. The first kappa shape index (κ1) is 14.5. The quantitative estimate of drug-likeness (QED) is 0.870. The largest absolute Gasteiger partial charge is 0.343 e. The molecule has 0 spiro atoms. The van der Waals surface area contributed by atoms with Gasteiger partial charge >= 0.3 is 0 Å². The third-order valence-electron chi connectivity index (χ3n) is 4.56. The second-order valence-electron chi connectivity index (χ2n) is 6.33. The molecule has 2 heterocycles. The average Bonchev–Trinajstić information content (AvgIpc) is 3.36.